The minimum absolute atomic E-state index is 0.0905. The summed E-state index contributed by atoms with van der Waals surface area (Å²) < 4.78 is 62.3. The van der Waals surface area contributed by atoms with Gasteiger partial charge in [0.25, 0.3) is 21.5 Å². The van der Waals surface area contributed by atoms with Gasteiger partial charge in [0.1, 0.15) is 17.9 Å². The number of alkyl halides is 2. The second-order valence-electron chi connectivity index (χ2n) is 12.3. The second-order valence-corrected chi connectivity index (χ2v) is 14.1. The lowest BCUT2D eigenvalue weighted by molar-refractivity contribution is -0.0564. The SMILES string of the molecule is Cc1ccc(S(=O)(=O)n2ccc3c(-c4ccc5nc(-c6ccc(OCCN7CCC(F)(F)CC7)cc6)ccc5c4)cn(C)c(=O)c32)cc1. The maximum atomic E-state index is 13.6. The highest BCUT2D eigenvalue weighted by Gasteiger charge is 2.33. The van der Waals surface area contributed by atoms with Gasteiger partial charge >= 0.3 is 0 Å². The summed E-state index contributed by atoms with van der Waals surface area (Å²) in [7, 11) is -2.38. The molecule has 7 rings (SSSR count). The Morgan fingerprint density at radius 3 is 2.33 bits per heavy atom. The van der Waals surface area contributed by atoms with Crippen LogP contribution in [0, 0.1) is 6.92 Å². The maximum Gasteiger partial charge on any atom is 0.275 e. The van der Waals surface area contributed by atoms with Crippen molar-refractivity contribution in [3.05, 3.63) is 113 Å². The highest BCUT2D eigenvalue weighted by molar-refractivity contribution is 7.90. The molecule has 48 heavy (non-hydrogen) atoms. The largest absolute Gasteiger partial charge is 0.492 e. The van der Waals surface area contributed by atoms with E-state index in [9.17, 15) is 22.0 Å². The average Bonchev–Trinajstić information content (AvgIpc) is 3.54. The third-order valence-electron chi connectivity index (χ3n) is 8.98. The number of pyridine rings is 2. The van der Waals surface area contributed by atoms with E-state index in [1.807, 2.05) is 66.4 Å². The number of ether oxygens (including phenoxy) is 1. The van der Waals surface area contributed by atoms with Gasteiger partial charge in [-0.1, -0.05) is 29.8 Å². The summed E-state index contributed by atoms with van der Waals surface area (Å²) in [6.07, 6.45) is 2.96. The summed E-state index contributed by atoms with van der Waals surface area (Å²) in [6, 6.07) is 25.6. The predicted octanol–water partition coefficient (Wildman–Crippen LogP) is 6.88. The molecule has 0 unspecified atom stereocenters. The van der Waals surface area contributed by atoms with Gasteiger partial charge in [-0.25, -0.2) is 26.2 Å². The highest BCUT2D eigenvalue weighted by atomic mass is 32.2. The smallest absolute Gasteiger partial charge is 0.275 e. The molecule has 0 bridgehead atoms. The van der Waals surface area contributed by atoms with Crippen molar-refractivity contribution < 1.29 is 21.9 Å². The third kappa shape index (κ3) is 6.11. The number of hydrogen-bond acceptors (Lipinski definition) is 6. The van der Waals surface area contributed by atoms with E-state index >= 15 is 0 Å². The first-order chi connectivity index (χ1) is 23.0. The Kier molecular flexibility index (Phi) is 8.13. The van der Waals surface area contributed by atoms with Crippen molar-refractivity contribution in [3.8, 4) is 28.1 Å². The van der Waals surface area contributed by atoms with Crippen molar-refractivity contribution in [2.75, 3.05) is 26.2 Å². The zero-order valence-corrected chi connectivity index (χ0v) is 27.4. The lowest BCUT2D eigenvalue weighted by Crippen LogP contribution is -2.41. The first-order valence-corrected chi connectivity index (χ1v) is 17.2. The maximum absolute atomic E-state index is 13.6. The van der Waals surface area contributed by atoms with Crippen LogP contribution in [0.2, 0.25) is 0 Å². The molecule has 0 amide bonds. The number of aryl methyl sites for hydroxylation is 2. The number of benzene rings is 3. The standard InChI is InChI=1S/C37H34F2N4O4S/c1-25-3-11-30(12-4-25)48(45,46)43-18-15-31-32(24-41(2)36(44)35(31)43)27-7-13-34-28(23-27)8-14-33(40-34)26-5-9-29(10-6-26)47-22-21-42-19-16-37(38,39)17-20-42/h3-15,18,23-24H,16-17,19-22H2,1-2H3. The fourth-order valence-electron chi connectivity index (χ4n) is 6.16. The van der Waals surface area contributed by atoms with Crippen molar-refractivity contribution in [1.82, 2.24) is 18.4 Å². The van der Waals surface area contributed by atoms with Crippen molar-refractivity contribution in [1.29, 1.82) is 0 Å². The summed E-state index contributed by atoms with van der Waals surface area (Å²) in [4.78, 5) is 20.3. The number of fused-ring (bicyclic) bond motifs is 2. The Balaban J connectivity index is 1.12. The molecule has 1 aliphatic rings. The molecule has 11 heteroatoms. The van der Waals surface area contributed by atoms with Crippen LogP contribution in [0.4, 0.5) is 8.78 Å². The Bertz CT molecular complexity index is 2310. The minimum Gasteiger partial charge on any atom is -0.492 e. The zero-order valence-electron chi connectivity index (χ0n) is 26.6. The van der Waals surface area contributed by atoms with E-state index in [2.05, 4.69) is 0 Å². The predicted molar refractivity (Wildman–Crippen MR) is 183 cm³/mol. The van der Waals surface area contributed by atoms with Crippen LogP contribution >= 0.6 is 0 Å². The van der Waals surface area contributed by atoms with Crippen LogP contribution in [-0.2, 0) is 17.1 Å². The summed E-state index contributed by atoms with van der Waals surface area (Å²) in [5.41, 5.74) is 4.66. The molecule has 1 aliphatic heterocycles. The summed E-state index contributed by atoms with van der Waals surface area (Å²) >= 11 is 0. The molecule has 0 aliphatic carbocycles. The number of nitrogens with zero attached hydrogens (tertiary/aromatic N) is 4. The number of aromatic nitrogens is 3. The number of piperidine rings is 1. The highest BCUT2D eigenvalue weighted by Crippen LogP contribution is 2.32. The molecule has 0 spiro atoms. The lowest BCUT2D eigenvalue weighted by atomic mass is 10.0. The summed E-state index contributed by atoms with van der Waals surface area (Å²) in [5.74, 6) is -1.85. The molecule has 4 heterocycles. The van der Waals surface area contributed by atoms with E-state index < -0.39 is 21.5 Å². The molecule has 3 aromatic heterocycles. The van der Waals surface area contributed by atoms with Gasteiger partial charge < -0.3 is 9.30 Å². The fourth-order valence-corrected chi connectivity index (χ4v) is 7.50. The Labute approximate surface area is 276 Å². The van der Waals surface area contributed by atoms with E-state index in [0.29, 0.717) is 37.4 Å². The normalized spacial score (nSPS) is 15.2. The lowest BCUT2D eigenvalue weighted by Gasteiger charge is -2.31. The van der Waals surface area contributed by atoms with E-state index in [-0.39, 0.29) is 23.3 Å². The van der Waals surface area contributed by atoms with E-state index in [1.54, 1.807) is 43.6 Å². The molecule has 8 nitrogen and oxygen atoms in total. The number of hydrogen-bond donors (Lipinski definition) is 0. The quantitative estimate of drug-likeness (QED) is 0.176. The Morgan fingerprint density at radius 1 is 0.896 bits per heavy atom. The molecule has 6 aromatic rings. The van der Waals surface area contributed by atoms with Crippen LogP contribution in [0.1, 0.15) is 18.4 Å². The van der Waals surface area contributed by atoms with Gasteiger partial charge in [-0.3, -0.25) is 9.69 Å². The Morgan fingerprint density at radius 2 is 1.60 bits per heavy atom. The van der Waals surface area contributed by atoms with E-state index in [4.69, 9.17) is 9.72 Å². The summed E-state index contributed by atoms with van der Waals surface area (Å²) in [6.45, 7) is 3.68. The van der Waals surface area contributed by atoms with E-state index in [0.717, 1.165) is 42.8 Å². The van der Waals surface area contributed by atoms with E-state index in [1.165, 1.54) is 10.8 Å². The number of likely N-dealkylation sites (tertiary alicyclic amines) is 1. The van der Waals surface area contributed by atoms with Gasteiger partial charge in [-0.15, -0.1) is 0 Å². The second kappa shape index (κ2) is 12.3. The number of halogens is 2. The molecule has 1 fully saturated rings. The van der Waals surface area contributed by atoms with Crippen molar-refractivity contribution >= 4 is 31.8 Å². The van der Waals surface area contributed by atoms with Crippen molar-refractivity contribution in [2.24, 2.45) is 7.05 Å². The van der Waals surface area contributed by atoms with Crippen LogP contribution in [0.25, 0.3) is 44.2 Å². The Hall–Kier alpha value is -4.87. The molecular formula is C37H34F2N4O4S. The van der Waals surface area contributed by atoms with Gasteiger partial charge in [0.2, 0.25) is 0 Å². The molecule has 0 N–H and O–H groups in total. The molecular weight excluding hydrogens is 634 g/mol. The third-order valence-corrected chi connectivity index (χ3v) is 10.7. The summed E-state index contributed by atoms with van der Waals surface area (Å²) in [5, 5.41) is 1.43. The minimum atomic E-state index is -4.00. The topological polar surface area (TPSA) is 86.4 Å². The fraction of sp³-hybridized carbons (Fsp3) is 0.243. The molecule has 3 aromatic carbocycles. The first-order valence-electron chi connectivity index (χ1n) is 15.8. The van der Waals surface area contributed by atoms with Crippen LogP contribution in [-0.4, -0.2) is 59.0 Å². The molecule has 0 radical (unpaired) electrons. The van der Waals surface area contributed by atoms with Gasteiger partial charge in [-0.2, -0.15) is 0 Å². The van der Waals surface area contributed by atoms with Gasteiger partial charge in [-0.05, 0) is 73.2 Å². The van der Waals surface area contributed by atoms with Crippen molar-refractivity contribution in [2.45, 2.75) is 30.6 Å². The van der Waals surface area contributed by atoms with Crippen LogP contribution in [0.5, 0.6) is 5.75 Å². The number of rotatable bonds is 8. The van der Waals surface area contributed by atoms with Crippen LogP contribution in [0.3, 0.4) is 0 Å². The van der Waals surface area contributed by atoms with Crippen LogP contribution < -0.4 is 10.3 Å². The average molecular weight is 669 g/mol. The zero-order chi connectivity index (χ0) is 33.6. The van der Waals surface area contributed by atoms with Gasteiger partial charge in [0, 0.05) is 73.8 Å². The van der Waals surface area contributed by atoms with Crippen molar-refractivity contribution in [3.63, 3.8) is 0 Å². The van der Waals surface area contributed by atoms with Gasteiger partial charge in [0.05, 0.1) is 16.1 Å². The first kappa shape index (κ1) is 31.7. The van der Waals surface area contributed by atoms with Crippen LogP contribution in [0.15, 0.2) is 107 Å². The molecule has 0 atom stereocenters. The monoisotopic (exact) mass is 668 g/mol. The molecule has 0 saturated carbocycles. The molecule has 246 valence electrons. The van der Waals surface area contributed by atoms with Gasteiger partial charge in [0.15, 0.2) is 0 Å². The molecule has 1 saturated heterocycles.